The molecule has 110 valence electrons. The molecule has 0 amide bonds. The molecule has 3 aromatic heterocycles. The van der Waals surface area contributed by atoms with Gasteiger partial charge in [0.1, 0.15) is 12.2 Å². The highest BCUT2D eigenvalue weighted by Gasteiger charge is 2.32. The van der Waals surface area contributed by atoms with Crippen molar-refractivity contribution < 1.29 is 28.5 Å². The molecule has 0 spiro atoms. The topological polar surface area (TPSA) is 21.2 Å². The first-order valence-electron chi connectivity index (χ1n) is 7.67. The van der Waals surface area contributed by atoms with E-state index in [1.807, 2.05) is 6.07 Å². The number of rotatable bonds is 4. The summed E-state index contributed by atoms with van der Waals surface area (Å²) in [6.07, 6.45) is 9.52. The third-order valence-corrected chi connectivity index (χ3v) is 4.24. The van der Waals surface area contributed by atoms with E-state index < -0.39 is 0 Å². The maximum Gasteiger partial charge on any atom is 0.197 e. The number of aromatic nitrogens is 3. The van der Waals surface area contributed by atoms with Crippen molar-refractivity contribution in [3.63, 3.8) is 0 Å². The van der Waals surface area contributed by atoms with Crippen molar-refractivity contribution in [1.29, 1.82) is 0 Å². The molecule has 1 aliphatic carbocycles. The number of hydrogen-bond donors (Lipinski definition) is 0. The van der Waals surface area contributed by atoms with Crippen molar-refractivity contribution in [2.24, 2.45) is 0 Å². The first-order valence-corrected chi connectivity index (χ1v) is 7.67. The Kier molecular flexibility index (Phi) is 4.15. The van der Waals surface area contributed by atoms with Crippen LogP contribution in [0.4, 0.5) is 0 Å². The third-order valence-electron chi connectivity index (χ3n) is 4.24. The van der Waals surface area contributed by atoms with Gasteiger partial charge < -0.3 is 24.0 Å². The van der Waals surface area contributed by atoms with Gasteiger partial charge >= 0.3 is 0 Å². The van der Waals surface area contributed by atoms with Gasteiger partial charge in [-0.25, -0.2) is 9.55 Å². The van der Waals surface area contributed by atoms with Crippen LogP contribution in [0, 0.1) is 0 Å². The first kappa shape index (κ1) is 14.8. The molecule has 0 aromatic carbocycles. The number of hydrogen-bond acceptors (Lipinski definition) is 1. The molecule has 0 unspecified atom stereocenters. The highest BCUT2D eigenvalue weighted by atomic mass is 127. The molecule has 3 nitrogen and oxygen atoms in total. The summed E-state index contributed by atoms with van der Waals surface area (Å²) < 4.78 is 4.64. The number of fused-ring (bicyclic) bond motifs is 3. The molecule has 0 saturated heterocycles. The number of imidazole rings is 1. The second-order valence-corrected chi connectivity index (χ2v) is 5.83. The Hall–Kier alpha value is -1.17. The minimum Gasteiger partial charge on any atom is -1.00 e. The van der Waals surface area contributed by atoms with Crippen molar-refractivity contribution in [2.45, 2.75) is 45.1 Å². The van der Waals surface area contributed by atoms with E-state index in [9.17, 15) is 0 Å². The van der Waals surface area contributed by atoms with Gasteiger partial charge in [0.2, 0.25) is 0 Å². The lowest BCUT2D eigenvalue weighted by Gasteiger charge is -2.03. The Morgan fingerprint density at radius 3 is 2.95 bits per heavy atom. The summed E-state index contributed by atoms with van der Waals surface area (Å²) >= 11 is 0. The fourth-order valence-electron chi connectivity index (χ4n) is 2.97. The van der Waals surface area contributed by atoms with Gasteiger partial charge in [0, 0.05) is 24.6 Å². The fourth-order valence-corrected chi connectivity index (χ4v) is 2.97. The number of unbranched alkanes of at least 4 members (excludes halogenated alkanes) is 1. The fraction of sp³-hybridized carbons (Fsp3) is 0.412. The maximum atomic E-state index is 4.75. The van der Waals surface area contributed by atoms with Crippen molar-refractivity contribution in [3.8, 4) is 0 Å². The van der Waals surface area contributed by atoms with Crippen LogP contribution in [0.2, 0.25) is 0 Å². The second-order valence-electron chi connectivity index (χ2n) is 5.83. The minimum absolute atomic E-state index is 0. The Morgan fingerprint density at radius 2 is 2.19 bits per heavy atom. The van der Waals surface area contributed by atoms with Gasteiger partial charge in [0.15, 0.2) is 17.4 Å². The van der Waals surface area contributed by atoms with Crippen molar-refractivity contribution in [3.05, 3.63) is 42.4 Å². The molecule has 4 heteroatoms. The molecule has 0 aliphatic heterocycles. The average Bonchev–Trinajstić information content (AvgIpc) is 3.25. The van der Waals surface area contributed by atoms with Crippen LogP contribution < -0.4 is 28.5 Å². The van der Waals surface area contributed by atoms with Crippen LogP contribution in [-0.4, -0.2) is 9.38 Å². The van der Waals surface area contributed by atoms with Crippen molar-refractivity contribution in [2.75, 3.05) is 0 Å². The van der Waals surface area contributed by atoms with E-state index in [1.165, 1.54) is 36.9 Å². The summed E-state index contributed by atoms with van der Waals surface area (Å²) in [5.41, 5.74) is 4.89. The Labute approximate surface area is 142 Å². The van der Waals surface area contributed by atoms with Crippen LogP contribution in [0.15, 0.2) is 36.7 Å². The van der Waals surface area contributed by atoms with Crippen LogP contribution in [0.1, 0.15) is 44.2 Å². The summed E-state index contributed by atoms with van der Waals surface area (Å²) in [6, 6.07) is 8.56. The Bertz CT molecular complexity index is 774. The number of nitrogens with zero attached hydrogens (tertiary/aromatic N) is 3. The molecule has 0 N–H and O–H groups in total. The van der Waals surface area contributed by atoms with Gasteiger partial charge in [-0.3, -0.25) is 4.40 Å². The van der Waals surface area contributed by atoms with Gasteiger partial charge in [-0.2, -0.15) is 0 Å². The van der Waals surface area contributed by atoms with Crippen molar-refractivity contribution >= 4 is 16.7 Å². The molecule has 1 fully saturated rings. The SMILES string of the molecule is CCCC[n+]1cc2nc3ccccn3c2cc1C1CC1.[I-]. The molecular weight excluding hydrogens is 373 g/mol. The van der Waals surface area contributed by atoms with Crippen molar-refractivity contribution in [1.82, 2.24) is 9.38 Å². The van der Waals surface area contributed by atoms with Gasteiger partial charge in [0.05, 0.1) is 5.52 Å². The normalized spacial score (nSPS) is 14.5. The summed E-state index contributed by atoms with van der Waals surface area (Å²) in [7, 11) is 0. The standard InChI is InChI=1S/C17H20N3.HI/c1-2-3-9-19-12-14-16(11-15(19)13-7-8-13)20-10-5-4-6-17(20)18-14;/h4-6,10-13H,2-3,7-9H2,1H3;1H/q+1;/p-1. The summed E-state index contributed by atoms with van der Waals surface area (Å²) in [5, 5.41) is 0. The second kappa shape index (κ2) is 5.91. The molecule has 3 aromatic rings. The molecule has 0 atom stereocenters. The molecule has 4 rings (SSSR count). The largest absolute Gasteiger partial charge is 1.00 e. The average molecular weight is 393 g/mol. The zero-order chi connectivity index (χ0) is 13.5. The van der Waals surface area contributed by atoms with E-state index in [4.69, 9.17) is 4.98 Å². The number of aryl methyl sites for hydroxylation is 1. The van der Waals surface area contributed by atoms with Gasteiger partial charge in [0.25, 0.3) is 0 Å². The van der Waals surface area contributed by atoms with Crippen LogP contribution in [0.5, 0.6) is 0 Å². The molecule has 1 aliphatic rings. The van der Waals surface area contributed by atoms with E-state index in [1.54, 1.807) is 0 Å². The molecular formula is C17H20IN3. The van der Waals surface area contributed by atoms with E-state index in [-0.39, 0.29) is 24.0 Å². The lowest BCUT2D eigenvalue weighted by Crippen LogP contribution is -3.00. The number of halogens is 1. The lowest BCUT2D eigenvalue weighted by molar-refractivity contribution is -0.703. The molecule has 3 heterocycles. The van der Waals surface area contributed by atoms with Crippen LogP contribution in [0.25, 0.3) is 16.7 Å². The zero-order valence-electron chi connectivity index (χ0n) is 12.3. The number of pyridine rings is 2. The summed E-state index contributed by atoms with van der Waals surface area (Å²) in [6.45, 7) is 3.37. The van der Waals surface area contributed by atoms with E-state index in [2.05, 4.69) is 46.5 Å². The van der Waals surface area contributed by atoms with Gasteiger partial charge in [-0.15, -0.1) is 0 Å². The zero-order valence-corrected chi connectivity index (χ0v) is 14.5. The highest BCUT2D eigenvalue weighted by Crippen LogP contribution is 2.39. The first-order chi connectivity index (χ1) is 9.86. The van der Waals surface area contributed by atoms with Gasteiger partial charge in [-0.1, -0.05) is 19.4 Å². The summed E-state index contributed by atoms with van der Waals surface area (Å²) in [5.74, 6) is 0.769. The quantitative estimate of drug-likeness (QED) is 0.466. The van der Waals surface area contributed by atoms with Crippen LogP contribution in [-0.2, 0) is 6.54 Å². The Morgan fingerprint density at radius 1 is 1.33 bits per heavy atom. The smallest absolute Gasteiger partial charge is 0.197 e. The van der Waals surface area contributed by atoms with Crippen LogP contribution >= 0.6 is 0 Å². The molecule has 1 saturated carbocycles. The van der Waals surface area contributed by atoms with E-state index in [0.717, 1.165) is 23.6 Å². The van der Waals surface area contributed by atoms with Crippen LogP contribution in [0.3, 0.4) is 0 Å². The lowest BCUT2D eigenvalue weighted by atomic mass is 10.2. The minimum atomic E-state index is 0. The van der Waals surface area contributed by atoms with Gasteiger partial charge in [-0.05, 0) is 25.0 Å². The highest BCUT2D eigenvalue weighted by molar-refractivity contribution is 5.79. The predicted molar refractivity (Wildman–Crippen MR) is 79.8 cm³/mol. The Balaban J connectivity index is 0.00000132. The third kappa shape index (κ3) is 2.65. The van der Waals surface area contributed by atoms with E-state index in [0.29, 0.717) is 0 Å². The molecule has 0 bridgehead atoms. The molecule has 0 radical (unpaired) electrons. The van der Waals surface area contributed by atoms with E-state index >= 15 is 0 Å². The predicted octanol–water partition coefficient (Wildman–Crippen LogP) is 0.456. The summed E-state index contributed by atoms with van der Waals surface area (Å²) in [4.78, 5) is 4.75. The molecule has 21 heavy (non-hydrogen) atoms. The monoisotopic (exact) mass is 393 g/mol. The maximum absolute atomic E-state index is 4.75.